The molecule has 4 nitrogen and oxygen atoms in total. The van der Waals surface area contributed by atoms with E-state index in [0.29, 0.717) is 11.6 Å². The molecule has 0 aliphatic heterocycles. The molecule has 0 unspecified atom stereocenters. The van der Waals surface area contributed by atoms with Crippen molar-refractivity contribution in [1.82, 2.24) is 9.97 Å². The van der Waals surface area contributed by atoms with Crippen molar-refractivity contribution in [3.8, 4) is 6.07 Å². The van der Waals surface area contributed by atoms with Gasteiger partial charge in [0, 0.05) is 18.8 Å². The summed E-state index contributed by atoms with van der Waals surface area (Å²) in [6.45, 7) is 5.47. The summed E-state index contributed by atoms with van der Waals surface area (Å²) in [6, 6.07) is 13.9. The van der Waals surface area contributed by atoms with Gasteiger partial charge in [-0.25, -0.2) is 9.97 Å². The quantitative estimate of drug-likeness (QED) is 0.839. The Labute approximate surface area is 113 Å². The predicted molar refractivity (Wildman–Crippen MR) is 74.7 cm³/mol. The van der Waals surface area contributed by atoms with Crippen molar-refractivity contribution in [3.05, 3.63) is 53.3 Å². The first-order valence-electron chi connectivity index (χ1n) is 6.27. The van der Waals surface area contributed by atoms with Gasteiger partial charge < -0.3 is 4.90 Å². The maximum atomic E-state index is 8.97. The first kappa shape index (κ1) is 13.0. The van der Waals surface area contributed by atoms with Crippen molar-refractivity contribution >= 4 is 5.95 Å². The van der Waals surface area contributed by atoms with Gasteiger partial charge in [0.1, 0.15) is 11.8 Å². The Morgan fingerprint density at radius 2 is 1.95 bits per heavy atom. The van der Waals surface area contributed by atoms with Crippen molar-refractivity contribution in [1.29, 1.82) is 5.26 Å². The van der Waals surface area contributed by atoms with Crippen LogP contribution in [-0.4, -0.2) is 16.5 Å². The zero-order valence-corrected chi connectivity index (χ0v) is 11.2. The molecule has 0 N–H and O–H groups in total. The summed E-state index contributed by atoms with van der Waals surface area (Å²) in [4.78, 5) is 10.7. The van der Waals surface area contributed by atoms with Crippen LogP contribution in [0.4, 0.5) is 5.95 Å². The molecule has 0 radical (unpaired) electrons. The van der Waals surface area contributed by atoms with E-state index in [2.05, 4.69) is 40.0 Å². The summed E-state index contributed by atoms with van der Waals surface area (Å²) >= 11 is 0. The average molecular weight is 252 g/mol. The standard InChI is InChI=1S/C15H16N4/c1-3-19(11-13-7-5-4-6-8-13)15-17-12(2)9-14(10-16)18-15/h4-9H,3,11H2,1-2H3. The predicted octanol–water partition coefficient (Wildman–Crippen LogP) is 2.68. The van der Waals surface area contributed by atoms with Crippen LogP contribution in [0, 0.1) is 18.3 Å². The Balaban J connectivity index is 2.27. The van der Waals surface area contributed by atoms with Crippen LogP contribution >= 0.6 is 0 Å². The van der Waals surface area contributed by atoms with Crippen LogP contribution in [0.15, 0.2) is 36.4 Å². The SMILES string of the molecule is CCN(Cc1ccccc1)c1nc(C)cc(C#N)n1. The molecule has 0 atom stereocenters. The zero-order chi connectivity index (χ0) is 13.7. The van der Waals surface area contributed by atoms with Gasteiger partial charge in [0.2, 0.25) is 5.95 Å². The number of nitrogens with zero attached hydrogens (tertiary/aromatic N) is 4. The monoisotopic (exact) mass is 252 g/mol. The number of nitriles is 1. The fourth-order valence-corrected chi connectivity index (χ4v) is 1.88. The topological polar surface area (TPSA) is 52.8 Å². The summed E-state index contributed by atoms with van der Waals surface area (Å²) in [5, 5.41) is 8.97. The molecule has 96 valence electrons. The number of hydrogen-bond acceptors (Lipinski definition) is 4. The number of anilines is 1. The van der Waals surface area contributed by atoms with E-state index in [4.69, 9.17) is 5.26 Å². The van der Waals surface area contributed by atoms with Gasteiger partial charge >= 0.3 is 0 Å². The highest BCUT2D eigenvalue weighted by Crippen LogP contribution is 2.13. The van der Waals surface area contributed by atoms with Crippen LogP contribution in [0.5, 0.6) is 0 Å². The van der Waals surface area contributed by atoms with Gasteiger partial charge in [-0.05, 0) is 25.5 Å². The minimum atomic E-state index is 0.411. The highest BCUT2D eigenvalue weighted by Gasteiger charge is 2.10. The first-order chi connectivity index (χ1) is 9.22. The second kappa shape index (κ2) is 5.96. The second-order valence-electron chi connectivity index (χ2n) is 4.31. The Morgan fingerprint density at radius 1 is 1.21 bits per heavy atom. The lowest BCUT2D eigenvalue weighted by Gasteiger charge is -2.21. The molecule has 2 rings (SSSR count). The van der Waals surface area contributed by atoms with E-state index >= 15 is 0 Å². The molecule has 19 heavy (non-hydrogen) atoms. The van der Waals surface area contributed by atoms with Gasteiger partial charge in [-0.1, -0.05) is 30.3 Å². The number of benzene rings is 1. The maximum absolute atomic E-state index is 8.97. The Hall–Kier alpha value is -2.41. The van der Waals surface area contributed by atoms with Gasteiger partial charge in [0.25, 0.3) is 0 Å². The Bertz CT molecular complexity index is 587. The molecule has 2 aromatic rings. The summed E-state index contributed by atoms with van der Waals surface area (Å²) in [5.74, 6) is 0.614. The molecule has 4 heteroatoms. The summed E-state index contributed by atoms with van der Waals surface area (Å²) < 4.78 is 0. The number of hydrogen-bond donors (Lipinski definition) is 0. The van der Waals surface area contributed by atoms with Crippen LogP contribution in [0.25, 0.3) is 0 Å². The van der Waals surface area contributed by atoms with Gasteiger partial charge in [-0.3, -0.25) is 0 Å². The molecule has 0 amide bonds. The minimum Gasteiger partial charge on any atom is -0.337 e. The van der Waals surface area contributed by atoms with E-state index in [9.17, 15) is 0 Å². The molecule has 0 aliphatic carbocycles. The largest absolute Gasteiger partial charge is 0.337 e. The van der Waals surface area contributed by atoms with Crippen molar-refractivity contribution < 1.29 is 0 Å². The highest BCUT2D eigenvalue weighted by molar-refractivity contribution is 5.37. The smallest absolute Gasteiger partial charge is 0.227 e. The molecule has 0 saturated heterocycles. The fourth-order valence-electron chi connectivity index (χ4n) is 1.88. The van der Waals surface area contributed by atoms with Crippen molar-refractivity contribution in [3.63, 3.8) is 0 Å². The van der Waals surface area contributed by atoms with Gasteiger partial charge in [-0.15, -0.1) is 0 Å². The van der Waals surface area contributed by atoms with Crippen molar-refractivity contribution in [2.75, 3.05) is 11.4 Å². The van der Waals surface area contributed by atoms with Gasteiger partial charge in [-0.2, -0.15) is 5.26 Å². The Kier molecular flexibility index (Phi) is 4.09. The van der Waals surface area contributed by atoms with Crippen LogP contribution in [0.2, 0.25) is 0 Å². The van der Waals surface area contributed by atoms with E-state index in [1.807, 2.05) is 25.1 Å². The maximum Gasteiger partial charge on any atom is 0.227 e. The summed E-state index contributed by atoms with van der Waals surface area (Å²) in [7, 11) is 0. The van der Waals surface area contributed by atoms with Crippen LogP contribution in [0.3, 0.4) is 0 Å². The molecule has 0 spiro atoms. The lowest BCUT2D eigenvalue weighted by atomic mass is 10.2. The van der Waals surface area contributed by atoms with E-state index in [0.717, 1.165) is 18.8 Å². The molecule has 0 bridgehead atoms. The summed E-state index contributed by atoms with van der Waals surface area (Å²) in [5.41, 5.74) is 2.43. The van der Waals surface area contributed by atoms with Crippen molar-refractivity contribution in [2.45, 2.75) is 20.4 Å². The molecule has 0 aliphatic rings. The number of aromatic nitrogens is 2. The third-order valence-electron chi connectivity index (χ3n) is 2.84. The van der Waals surface area contributed by atoms with Crippen LogP contribution < -0.4 is 4.90 Å². The third-order valence-corrected chi connectivity index (χ3v) is 2.84. The van der Waals surface area contributed by atoms with Crippen LogP contribution in [0.1, 0.15) is 23.9 Å². The lowest BCUT2D eigenvalue weighted by Crippen LogP contribution is -2.24. The zero-order valence-electron chi connectivity index (χ0n) is 11.2. The number of aryl methyl sites for hydroxylation is 1. The van der Waals surface area contributed by atoms with Crippen molar-refractivity contribution in [2.24, 2.45) is 0 Å². The Morgan fingerprint density at radius 3 is 2.58 bits per heavy atom. The normalized spacial score (nSPS) is 9.95. The minimum absolute atomic E-state index is 0.411. The number of rotatable bonds is 4. The van der Waals surface area contributed by atoms with E-state index in [1.54, 1.807) is 6.07 Å². The summed E-state index contributed by atoms with van der Waals surface area (Å²) in [6.07, 6.45) is 0. The van der Waals surface area contributed by atoms with E-state index < -0.39 is 0 Å². The van der Waals surface area contributed by atoms with Gasteiger partial charge in [0.15, 0.2) is 0 Å². The van der Waals surface area contributed by atoms with E-state index in [-0.39, 0.29) is 0 Å². The third kappa shape index (κ3) is 3.29. The average Bonchev–Trinajstić information content (AvgIpc) is 2.45. The molecular formula is C15H16N4. The fraction of sp³-hybridized carbons (Fsp3) is 0.267. The van der Waals surface area contributed by atoms with Crippen LogP contribution in [-0.2, 0) is 6.54 Å². The van der Waals surface area contributed by atoms with Gasteiger partial charge in [0.05, 0.1) is 0 Å². The first-order valence-corrected chi connectivity index (χ1v) is 6.27. The molecule has 1 heterocycles. The van der Waals surface area contributed by atoms with E-state index in [1.165, 1.54) is 5.56 Å². The molecule has 1 aromatic heterocycles. The molecule has 0 fully saturated rings. The molecular weight excluding hydrogens is 236 g/mol. The molecule has 1 aromatic carbocycles. The lowest BCUT2D eigenvalue weighted by molar-refractivity contribution is 0.786. The molecule has 0 saturated carbocycles. The second-order valence-corrected chi connectivity index (χ2v) is 4.31. The highest BCUT2D eigenvalue weighted by atomic mass is 15.2.